The van der Waals surface area contributed by atoms with Gasteiger partial charge in [0, 0.05) is 74.3 Å². The number of ether oxygens (including phenoxy) is 1. The van der Waals surface area contributed by atoms with E-state index in [1.807, 2.05) is 24.4 Å². The number of imide groups is 1. The number of aryl methyl sites for hydroxylation is 1. The number of urea groups is 1. The summed E-state index contributed by atoms with van der Waals surface area (Å²) in [6.45, 7) is 15.5. The van der Waals surface area contributed by atoms with Crippen LogP contribution in [-0.2, 0) is 48.1 Å². The highest BCUT2D eigenvalue weighted by Crippen LogP contribution is 2.42. The summed E-state index contributed by atoms with van der Waals surface area (Å²) in [5, 5.41) is 19.6. The topological polar surface area (TPSA) is 209 Å². The molecule has 4 aliphatic heterocycles. The second kappa shape index (κ2) is 19.3. The van der Waals surface area contributed by atoms with Crippen molar-refractivity contribution in [3.63, 3.8) is 0 Å². The number of phenolic OH excluding ortho intramolecular Hbond substituents is 1. The zero-order valence-electron chi connectivity index (χ0n) is 40.4. The van der Waals surface area contributed by atoms with Crippen LogP contribution in [0, 0.1) is 11.3 Å². The van der Waals surface area contributed by atoms with Crippen molar-refractivity contribution in [2.45, 2.75) is 111 Å². The zero-order chi connectivity index (χ0) is 48.8. The van der Waals surface area contributed by atoms with Gasteiger partial charge in [-0.15, -0.1) is 0 Å². The number of benzene rings is 2. The molecule has 0 saturated carbocycles. The van der Waals surface area contributed by atoms with Gasteiger partial charge in [0.2, 0.25) is 17.7 Å². The van der Waals surface area contributed by atoms with E-state index in [1.54, 1.807) is 26.0 Å². The molecule has 3 saturated heterocycles. The van der Waals surface area contributed by atoms with Gasteiger partial charge in [0.25, 0.3) is 5.91 Å². The molecule has 2 aromatic carbocycles. The van der Waals surface area contributed by atoms with Crippen molar-refractivity contribution in [3.8, 4) is 28.1 Å². The Hall–Kier alpha value is -6.33. The molecular weight excluding hydrogens is 867 g/mol. The SMILES string of the molecule is CCn1c(-c2cccnc2C(C)C)c2c3cc(ccc31)-c1cc(O)cc(c1)C[C@H](NC(=O)[C@H](C(C)C)N(C)C(=O)N1CCN(C(=O)[C@@H]3CN3)C(=O)C1)C(=O)N1CCC[C@H](N1)C(=O)OCC(C)(C)C2. The Balaban J connectivity index is 1.16. The van der Waals surface area contributed by atoms with Crippen LogP contribution in [0.15, 0.2) is 54.7 Å². The molecular formula is C51H65N9O8. The predicted molar refractivity (Wildman–Crippen MR) is 256 cm³/mol. The van der Waals surface area contributed by atoms with Gasteiger partial charge in [-0.3, -0.25) is 38.9 Å². The molecule has 4 aliphatic rings. The molecule has 17 heteroatoms. The summed E-state index contributed by atoms with van der Waals surface area (Å²) < 4.78 is 8.43. The first-order chi connectivity index (χ1) is 32.3. The van der Waals surface area contributed by atoms with Crippen molar-refractivity contribution < 1.29 is 38.6 Å². The third-order valence-corrected chi connectivity index (χ3v) is 13.6. The monoisotopic (exact) mass is 931 g/mol. The fourth-order valence-corrected chi connectivity index (χ4v) is 10.1. The smallest absolute Gasteiger partial charge is 0.324 e. The van der Waals surface area contributed by atoms with Crippen LogP contribution in [0.1, 0.15) is 84.0 Å². The number of phenols is 1. The third kappa shape index (κ3) is 9.81. The van der Waals surface area contributed by atoms with Crippen LogP contribution in [0.3, 0.4) is 0 Å². The van der Waals surface area contributed by atoms with Gasteiger partial charge in [-0.05, 0) is 96.7 Å². The second-order valence-electron chi connectivity index (χ2n) is 20.2. The standard InChI is InChI=1S/C51H65N9O8/c1-9-58-41-15-14-32-24-36(41)37(45(58)35-12-10-16-52-43(35)29(2)3)25-51(6,7)28-68-49(66)38-13-11-17-60(55-38)48(65)39(22-31-20-33(32)23-34(61)21-31)54-46(63)44(30(4)5)56(8)50(67)57-18-19-59(42(62)27-57)47(64)40-26-53-40/h10,12,14-16,20-21,23-24,29-30,38-40,44,53,55,61H,9,11,13,17-19,22,25-28H2,1-8H3,(H,54,63)/t38-,39-,40-,44-/m0/s1. The minimum Gasteiger partial charge on any atom is -0.508 e. The van der Waals surface area contributed by atoms with E-state index in [0.29, 0.717) is 43.5 Å². The lowest BCUT2D eigenvalue weighted by atomic mass is 9.83. The molecule has 6 bridgehead atoms. The summed E-state index contributed by atoms with van der Waals surface area (Å²) in [6.07, 6.45) is 3.27. The Bertz CT molecular complexity index is 2640. The molecule has 4 atom stereocenters. The molecule has 6 heterocycles. The van der Waals surface area contributed by atoms with Crippen LogP contribution >= 0.6 is 0 Å². The van der Waals surface area contributed by atoms with E-state index in [9.17, 15) is 33.9 Å². The Kier molecular flexibility index (Phi) is 13.7. The maximum absolute atomic E-state index is 14.7. The van der Waals surface area contributed by atoms with Gasteiger partial charge in [0.05, 0.1) is 24.0 Å². The highest BCUT2D eigenvalue weighted by Gasteiger charge is 2.42. The van der Waals surface area contributed by atoms with Gasteiger partial charge in [-0.1, -0.05) is 53.7 Å². The second-order valence-corrected chi connectivity index (χ2v) is 20.2. The average molecular weight is 932 g/mol. The van der Waals surface area contributed by atoms with Crippen molar-refractivity contribution in [1.82, 2.24) is 45.3 Å². The summed E-state index contributed by atoms with van der Waals surface area (Å²) in [5.74, 6) is -2.71. The third-order valence-electron chi connectivity index (χ3n) is 13.6. The van der Waals surface area contributed by atoms with Crippen molar-refractivity contribution >= 4 is 46.5 Å². The van der Waals surface area contributed by atoms with Gasteiger partial charge in [0.15, 0.2) is 0 Å². The number of cyclic esters (lactones) is 1. The zero-order valence-corrected chi connectivity index (χ0v) is 40.4. The number of nitrogens with one attached hydrogen (secondary N) is 3. The van der Waals surface area contributed by atoms with Crippen molar-refractivity contribution in [1.29, 1.82) is 0 Å². The number of carbonyl (C=O) groups is 6. The fourth-order valence-electron chi connectivity index (χ4n) is 10.1. The van der Waals surface area contributed by atoms with E-state index in [2.05, 4.69) is 73.4 Å². The van der Waals surface area contributed by atoms with Gasteiger partial charge in [-0.2, -0.15) is 0 Å². The number of esters is 1. The number of carbonyl (C=O) groups excluding carboxylic acids is 6. The predicted octanol–water partition coefficient (Wildman–Crippen LogP) is 4.59. The van der Waals surface area contributed by atoms with Crippen molar-refractivity contribution in [2.75, 3.05) is 46.4 Å². The van der Waals surface area contributed by atoms with E-state index in [-0.39, 0.29) is 62.8 Å². The highest BCUT2D eigenvalue weighted by molar-refractivity contribution is 6.02. The summed E-state index contributed by atoms with van der Waals surface area (Å²) in [4.78, 5) is 91.5. The Morgan fingerprint density at radius 3 is 2.47 bits per heavy atom. The number of pyridine rings is 1. The Morgan fingerprint density at radius 2 is 1.78 bits per heavy atom. The molecule has 8 rings (SSSR count). The Labute approximate surface area is 397 Å². The van der Waals surface area contributed by atoms with Crippen LogP contribution in [0.25, 0.3) is 33.3 Å². The van der Waals surface area contributed by atoms with E-state index in [0.717, 1.165) is 39.0 Å². The molecule has 4 N–H and O–H groups in total. The summed E-state index contributed by atoms with van der Waals surface area (Å²) in [5.41, 5.74) is 9.89. The molecule has 0 aliphatic carbocycles. The maximum Gasteiger partial charge on any atom is 0.324 e. The lowest BCUT2D eigenvalue weighted by Gasteiger charge is -2.39. The Morgan fingerprint density at radius 1 is 1.01 bits per heavy atom. The number of rotatable bonds is 8. The van der Waals surface area contributed by atoms with Crippen LogP contribution < -0.4 is 16.1 Å². The van der Waals surface area contributed by atoms with Crippen molar-refractivity contribution in [2.24, 2.45) is 11.3 Å². The minimum atomic E-state index is -1.21. The normalized spacial score (nSPS) is 21.4. The number of nitrogens with zero attached hydrogens (tertiary/aromatic N) is 6. The number of piperazine rings is 1. The van der Waals surface area contributed by atoms with E-state index < -0.39 is 59.2 Å². The summed E-state index contributed by atoms with van der Waals surface area (Å²) in [6, 6.07) is 11.4. The summed E-state index contributed by atoms with van der Waals surface area (Å²) in [7, 11) is 1.49. The van der Waals surface area contributed by atoms with Crippen LogP contribution in [0.5, 0.6) is 5.75 Å². The molecule has 0 spiro atoms. The molecule has 6 amide bonds. The number of aromatic hydroxyl groups is 1. The fraction of sp³-hybridized carbons (Fsp3) is 0.510. The molecule has 0 unspecified atom stereocenters. The molecule has 0 radical (unpaired) electrons. The van der Waals surface area contributed by atoms with Crippen LogP contribution in [0.4, 0.5) is 4.79 Å². The van der Waals surface area contributed by atoms with Gasteiger partial charge in [-0.25, -0.2) is 10.2 Å². The van der Waals surface area contributed by atoms with E-state index >= 15 is 0 Å². The van der Waals surface area contributed by atoms with Crippen molar-refractivity contribution in [3.05, 3.63) is 71.5 Å². The number of hydrazine groups is 1. The molecule has 3 fully saturated rings. The first kappa shape index (κ1) is 48.1. The number of amides is 6. The highest BCUT2D eigenvalue weighted by atomic mass is 16.5. The lowest BCUT2D eigenvalue weighted by Crippen LogP contribution is -2.63. The number of hydrogen-bond donors (Lipinski definition) is 4. The number of hydrogen-bond acceptors (Lipinski definition) is 11. The number of likely N-dealkylation sites (N-methyl/N-ethyl adjacent to an activating group) is 1. The van der Waals surface area contributed by atoms with Gasteiger partial charge in [0.1, 0.15) is 30.4 Å². The van der Waals surface area contributed by atoms with Gasteiger partial charge < -0.3 is 34.8 Å². The van der Waals surface area contributed by atoms with Gasteiger partial charge >= 0.3 is 12.0 Å². The van der Waals surface area contributed by atoms with Crippen LogP contribution in [0.2, 0.25) is 0 Å². The van der Waals surface area contributed by atoms with Crippen LogP contribution in [-0.4, -0.2) is 141 Å². The molecule has 68 heavy (non-hydrogen) atoms. The first-order valence-electron chi connectivity index (χ1n) is 23.9. The number of aromatic nitrogens is 2. The molecule has 362 valence electrons. The largest absolute Gasteiger partial charge is 0.508 e. The quantitative estimate of drug-likeness (QED) is 0.109. The summed E-state index contributed by atoms with van der Waals surface area (Å²) >= 11 is 0. The molecule has 4 aromatic rings. The first-order valence-corrected chi connectivity index (χ1v) is 23.9. The minimum absolute atomic E-state index is 0.0244. The van der Waals surface area contributed by atoms with E-state index in [1.165, 1.54) is 26.8 Å². The lowest BCUT2D eigenvalue weighted by molar-refractivity contribution is -0.155. The maximum atomic E-state index is 14.7. The molecule has 2 aromatic heterocycles. The number of fused-ring (bicyclic) bond motifs is 6. The average Bonchev–Trinajstić information content (AvgIpc) is 4.12. The van der Waals surface area contributed by atoms with E-state index in [4.69, 9.17) is 9.72 Å². The molecule has 17 nitrogen and oxygen atoms in total.